The second-order valence-corrected chi connectivity index (χ2v) is 5.77. The summed E-state index contributed by atoms with van der Waals surface area (Å²) in [7, 11) is 0. The van der Waals surface area contributed by atoms with Gasteiger partial charge in [0.25, 0.3) is 0 Å². The van der Waals surface area contributed by atoms with E-state index >= 15 is 0 Å². The van der Waals surface area contributed by atoms with Crippen LogP contribution in [0.5, 0.6) is 0 Å². The summed E-state index contributed by atoms with van der Waals surface area (Å²) < 4.78 is 5.62. The molecule has 0 aliphatic carbocycles. The van der Waals surface area contributed by atoms with Crippen LogP contribution in [-0.2, 0) is 11.3 Å². The first kappa shape index (κ1) is 12.7. The molecule has 5 heteroatoms. The van der Waals surface area contributed by atoms with Crippen LogP contribution in [0.1, 0.15) is 22.3 Å². The van der Waals surface area contributed by atoms with Crippen LogP contribution in [0.15, 0.2) is 29.9 Å². The number of aromatic nitrogens is 2. The van der Waals surface area contributed by atoms with Crippen molar-refractivity contribution in [3.8, 4) is 0 Å². The normalized spacial score (nSPS) is 20.6. The van der Waals surface area contributed by atoms with Crippen molar-refractivity contribution in [3.63, 3.8) is 0 Å². The lowest BCUT2D eigenvalue weighted by Gasteiger charge is -2.34. The lowest BCUT2D eigenvalue weighted by atomic mass is 10.1. The minimum Gasteiger partial charge on any atom is -0.378 e. The van der Waals surface area contributed by atoms with Gasteiger partial charge in [0.15, 0.2) is 0 Å². The van der Waals surface area contributed by atoms with Crippen LogP contribution in [0, 0.1) is 6.92 Å². The molecule has 0 aromatic carbocycles. The van der Waals surface area contributed by atoms with Crippen LogP contribution in [0.4, 0.5) is 0 Å². The van der Waals surface area contributed by atoms with Gasteiger partial charge in [-0.2, -0.15) is 0 Å². The van der Waals surface area contributed by atoms with E-state index in [-0.39, 0.29) is 6.04 Å². The van der Waals surface area contributed by atoms with Crippen LogP contribution in [0.3, 0.4) is 0 Å². The summed E-state index contributed by atoms with van der Waals surface area (Å²) in [5.74, 6) is 0. The van der Waals surface area contributed by atoms with Gasteiger partial charge in [0.2, 0.25) is 0 Å². The summed E-state index contributed by atoms with van der Waals surface area (Å²) in [6.07, 6.45) is 3.69. The molecule has 1 atom stereocenters. The highest BCUT2D eigenvalue weighted by Gasteiger charge is 2.26. The second-order valence-electron chi connectivity index (χ2n) is 4.71. The molecule has 1 aliphatic heterocycles. The summed E-state index contributed by atoms with van der Waals surface area (Å²) in [6, 6.07) is 4.41. The Balaban J connectivity index is 1.77. The van der Waals surface area contributed by atoms with Crippen molar-refractivity contribution in [2.75, 3.05) is 19.8 Å². The molecule has 1 fully saturated rings. The Bertz CT molecular complexity index is 528. The van der Waals surface area contributed by atoms with Gasteiger partial charge in [-0.25, -0.2) is 4.98 Å². The minimum absolute atomic E-state index is 0.270. The van der Waals surface area contributed by atoms with E-state index < -0.39 is 0 Å². The van der Waals surface area contributed by atoms with Gasteiger partial charge >= 0.3 is 0 Å². The van der Waals surface area contributed by atoms with E-state index in [1.54, 1.807) is 11.3 Å². The quantitative estimate of drug-likeness (QED) is 0.862. The Morgan fingerprint density at radius 1 is 1.42 bits per heavy atom. The molecule has 3 heterocycles. The molecule has 4 nitrogen and oxygen atoms in total. The van der Waals surface area contributed by atoms with Gasteiger partial charge in [-0.15, -0.1) is 11.3 Å². The number of nitrogens with zero attached hydrogens (tertiary/aromatic N) is 3. The average molecular weight is 275 g/mol. The maximum atomic E-state index is 5.62. The van der Waals surface area contributed by atoms with Gasteiger partial charge in [-0.3, -0.25) is 9.88 Å². The molecule has 1 saturated heterocycles. The van der Waals surface area contributed by atoms with Crippen LogP contribution in [0.25, 0.3) is 0 Å². The maximum Gasteiger partial charge on any atom is 0.0898 e. The van der Waals surface area contributed by atoms with Crippen LogP contribution >= 0.6 is 11.3 Å². The molecule has 3 rings (SSSR count). The smallest absolute Gasteiger partial charge is 0.0898 e. The first-order valence-corrected chi connectivity index (χ1v) is 7.33. The molecule has 1 aliphatic rings. The van der Waals surface area contributed by atoms with Crippen molar-refractivity contribution in [1.82, 2.24) is 14.9 Å². The number of aryl methyl sites for hydroxylation is 1. The molecule has 2 aromatic heterocycles. The fourth-order valence-electron chi connectivity index (χ4n) is 2.36. The third-order valence-electron chi connectivity index (χ3n) is 3.35. The van der Waals surface area contributed by atoms with E-state index in [9.17, 15) is 0 Å². The highest BCUT2D eigenvalue weighted by Crippen LogP contribution is 2.26. The van der Waals surface area contributed by atoms with Crippen molar-refractivity contribution >= 4 is 11.3 Å². The van der Waals surface area contributed by atoms with E-state index in [0.29, 0.717) is 0 Å². The van der Waals surface area contributed by atoms with Gasteiger partial charge in [-0.1, -0.05) is 0 Å². The first-order valence-electron chi connectivity index (χ1n) is 6.45. The lowest BCUT2D eigenvalue weighted by Crippen LogP contribution is -2.39. The molecule has 0 unspecified atom stereocenters. The molecule has 0 spiro atoms. The number of hydrogen-bond acceptors (Lipinski definition) is 5. The number of ether oxygens (including phenoxy) is 1. The predicted molar refractivity (Wildman–Crippen MR) is 75.1 cm³/mol. The topological polar surface area (TPSA) is 38.2 Å². The maximum absolute atomic E-state index is 5.62. The van der Waals surface area contributed by atoms with Crippen molar-refractivity contribution in [1.29, 1.82) is 0 Å². The summed E-state index contributed by atoms with van der Waals surface area (Å²) in [5.41, 5.74) is 2.42. The zero-order chi connectivity index (χ0) is 13.1. The third kappa shape index (κ3) is 3.00. The monoisotopic (exact) mass is 275 g/mol. The van der Waals surface area contributed by atoms with Crippen molar-refractivity contribution < 1.29 is 4.74 Å². The fraction of sp³-hybridized carbons (Fsp3) is 0.429. The van der Waals surface area contributed by atoms with Gasteiger partial charge < -0.3 is 4.74 Å². The van der Waals surface area contributed by atoms with Crippen LogP contribution in [0.2, 0.25) is 0 Å². The van der Waals surface area contributed by atoms with Gasteiger partial charge in [0, 0.05) is 30.9 Å². The Morgan fingerprint density at radius 3 is 3.00 bits per heavy atom. The number of rotatable bonds is 3. The molecular weight excluding hydrogens is 258 g/mol. The molecule has 19 heavy (non-hydrogen) atoms. The SMILES string of the molecule is Cc1nc([C@@H]2COCCN2Cc2ccncc2)cs1. The van der Waals surface area contributed by atoms with E-state index in [1.807, 2.05) is 19.3 Å². The Kier molecular flexibility index (Phi) is 3.87. The average Bonchev–Trinajstić information content (AvgIpc) is 2.87. The van der Waals surface area contributed by atoms with E-state index in [2.05, 4.69) is 32.4 Å². The number of thiazole rings is 1. The summed E-state index contributed by atoms with van der Waals surface area (Å²) in [4.78, 5) is 11.1. The molecule has 0 bridgehead atoms. The second kappa shape index (κ2) is 5.77. The van der Waals surface area contributed by atoms with E-state index in [4.69, 9.17) is 4.74 Å². The lowest BCUT2D eigenvalue weighted by molar-refractivity contribution is -0.0140. The molecule has 0 radical (unpaired) electrons. The van der Waals surface area contributed by atoms with Gasteiger partial charge in [-0.05, 0) is 24.6 Å². The largest absolute Gasteiger partial charge is 0.378 e. The van der Waals surface area contributed by atoms with Crippen LogP contribution < -0.4 is 0 Å². The van der Waals surface area contributed by atoms with Crippen molar-refractivity contribution in [2.24, 2.45) is 0 Å². The summed E-state index contributed by atoms with van der Waals surface area (Å²) in [6.45, 7) is 5.45. The number of hydrogen-bond donors (Lipinski definition) is 0. The molecule has 2 aromatic rings. The third-order valence-corrected chi connectivity index (χ3v) is 4.14. The van der Waals surface area contributed by atoms with E-state index in [0.717, 1.165) is 37.0 Å². The standard InChI is InChI=1S/C14H17N3OS/c1-11-16-13(10-19-11)14-9-18-7-6-17(14)8-12-2-4-15-5-3-12/h2-5,10,14H,6-9H2,1H3/t14-/m0/s1. The minimum atomic E-state index is 0.270. The summed E-state index contributed by atoms with van der Waals surface area (Å²) in [5, 5.41) is 3.26. The zero-order valence-electron chi connectivity index (χ0n) is 11.0. The Hall–Kier alpha value is -1.30. The Labute approximate surface area is 117 Å². The summed E-state index contributed by atoms with van der Waals surface area (Å²) >= 11 is 1.70. The molecule has 100 valence electrons. The number of pyridine rings is 1. The predicted octanol–water partition coefficient (Wildman–Crippen LogP) is 2.42. The Morgan fingerprint density at radius 2 is 2.26 bits per heavy atom. The number of morpholine rings is 1. The van der Waals surface area contributed by atoms with Crippen molar-refractivity contribution in [3.05, 3.63) is 46.2 Å². The zero-order valence-corrected chi connectivity index (χ0v) is 11.8. The molecule has 0 N–H and O–H groups in total. The first-order chi connectivity index (χ1) is 9.33. The fourth-order valence-corrected chi connectivity index (χ4v) is 3.01. The van der Waals surface area contributed by atoms with Crippen LogP contribution in [-0.4, -0.2) is 34.6 Å². The highest BCUT2D eigenvalue weighted by atomic mass is 32.1. The molecular formula is C14H17N3OS. The molecule has 0 amide bonds. The highest BCUT2D eigenvalue weighted by molar-refractivity contribution is 7.09. The van der Waals surface area contributed by atoms with Gasteiger partial charge in [0.1, 0.15) is 0 Å². The molecule has 0 saturated carbocycles. The van der Waals surface area contributed by atoms with E-state index in [1.165, 1.54) is 5.56 Å². The van der Waals surface area contributed by atoms with Crippen molar-refractivity contribution in [2.45, 2.75) is 19.5 Å². The van der Waals surface area contributed by atoms with Gasteiger partial charge in [0.05, 0.1) is 30.0 Å².